The molecule has 0 radical (unpaired) electrons. The van der Waals surface area contributed by atoms with Crippen LogP contribution in [0.15, 0.2) is 59.0 Å². The molecule has 0 atom stereocenters. The number of halogens is 3. The lowest BCUT2D eigenvalue weighted by Crippen LogP contribution is -2.07. The van der Waals surface area contributed by atoms with Crippen LogP contribution < -0.4 is 10.1 Å². The second-order valence-electron chi connectivity index (χ2n) is 5.53. The summed E-state index contributed by atoms with van der Waals surface area (Å²) in [6.45, 7) is 0. The fourth-order valence-corrected chi connectivity index (χ4v) is 3.16. The lowest BCUT2D eigenvalue weighted by molar-refractivity contribution is -0.111. The second-order valence-corrected chi connectivity index (χ2v) is 6.81. The highest BCUT2D eigenvalue weighted by Gasteiger charge is 2.07. The Hall–Kier alpha value is -2.40. The lowest BCUT2D eigenvalue weighted by atomic mass is 10.2. The average Bonchev–Trinajstić information content (AvgIpc) is 3.08. The molecule has 0 spiro atoms. The lowest BCUT2D eigenvalue weighted by Gasteiger charge is -2.06. The van der Waals surface area contributed by atoms with Crippen molar-refractivity contribution in [2.75, 3.05) is 12.4 Å². The molecule has 1 aromatic heterocycles. The number of ether oxygens (including phenoxy) is 1. The zero-order valence-corrected chi connectivity index (χ0v) is 16.4. The first-order valence-corrected chi connectivity index (χ1v) is 8.97. The number of rotatable bonds is 5. The minimum Gasteiger partial charge on any atom is -0.495 e. The minimum atomic E-state index is -0.319. The van der Waals surface area contributed by atoms with Crippen LogP contribution in [0.1, 0.15) is 5.76 Å². The van der Waals surface area contributed by atoms with Gasteiger partial charge in [-0.25, -0.2) is 0 Å². The van der Waals surface area contributed by atoms with Gasteiger partial charge in [-0.1, -0.05) is 34.8 Å². The predicted octanol–water partition coefficient (Wildman–Crippen LogP) is 6.57. The Kier molecular flexibility index (Phi) is 6.11. The zero-order chi connectivity index (χ0) is 19.4. The summed E-state index contributed by atoms with van der Waals surface area (Å²) < 4.78 is 10.8. The molecule has 1 heterocycles. The number of hydrogen-bond donors (Lipinski definition) is 1. The minimum absolute atomic E-state index is 0.319. The fourth-order valence-electron chi connectivity index (χ4n) is 2.38. The van der Waals surface area contributed by atoms with Crippen LogP contribution in [0.5, 0.6) is 5.75 Å². The van der Waals surface area contributed by atoms with E-state index in [4.69, 9.17) is 44.0 Å². The van der Waals surface area contributed by atoms with Crippen LogP contribution in [-0.2, 0) is 4.79 Å². The number of hydrogen-bond acceptors (Lipinski definition) is 3. The van der Waals surface area contributed by atoms with Crippen molar-refractivity contribution in [3.63, 3.8) is 0 Å². The number of nitrogens with one attached hydrogen (secondary N) is 1. The Bertz CT molecular complexity index is 991. The number of methoxy groups -OCH3 is 1. The average molecular weight is 423 g/mol. The number of carbonyl (C=O) groups is 1. The fraction of sp³-hybridized carbons (Fsp3) is 0.0500. The zero-order valence-electron chi connectivity index (χ0n) is 14.1. The molecule has 0 unspecified atom stereocenters. The first-order valence-electron chi connectivity index (χ1n) is 7.83. The van der Waals surface area contributed by atoms with Gasteiger partial charge in [0.25, 0.3) is 0 Å². The Morgan fingerprint density at radius 3 is 2.44 bits per heavy atom. The van der Waals surface area contributed by atoms with Crippen molar-refractivity contribution in [1.82, 2.24) is 0 Å². The highest BCUT2D eigenvalue weighted by atomic mass is 35.5. The molecule has 0 saturated carbocycles. The first kappa shape index (κ1) is 19.4. The third kappa shape index (κ3) is 5.07. The van der Waals surface area contributed by atoms with Crippen LogP contribution in [-0.4, -0.2) is 13.0 Å². The molecule has 138 valence electrons. The van der Waals surface area contributed by atoms with Gasteiger partial charge in [-0.2, -0.15) is 0 Å². The monoisotopic (exact) mass is 421 g/mol. The molecular weight excluding hydrogens is 409 g/mol. The smallest absolute Gasteiger partial charge is 0.248 e. The summed E-state index contributed by atoms with van der Waals surface area (Å²) in [5, 5.41) is 4.16. The van der Waals surface area contributed by atoms with E-state index in [9.17, 15) is 4.79 Å². The summed E-state index contributed by atoms with van der Waals surface area (Å²) in [7, 11) is 1.52. The molecule has 0 aliphatic rings. The van der Waals surface area contributed by atoms with Crippen LogP contribution in [0, 0.1) is 0 Å². The Morgan fingerprint density at radius 1 is 1.04 bits per heavy atom. The summed E-state index contributed by atoms with van der Waals surface area (Å²) in [4.78, 5) is 12.1. The summed E-state index contributed by atoms with van der Waals surface area (Å²) in [6, 6.07) is 13.7. The van der Waals surface area contributed by atoms with E-state index >= 15 is 0 Å². The third-order valence-electron chi connectivity index (χ3n) is 3.59. The van der Waals surface area contributed by atoms with E-state index in [0.717, 1.165) is 5.56 Å². The molecule has 0 bridgehead atoms. The van der Waals surface area contributed by atoms with Gasteiger partial charge < -0.3 is 14.5 Å². The molecule has 1 amide bonds. The predicted molar refractivity (Wildman–Crippen MR) is 110 cm³/mol. The van der Waals surface area contributed by atoms with Crippen molar-refractivity contribution in [1.29, 1.82) is 0 Å². The Morgan fingerprint density at radius 2 is 1.78 bits per heavy atom. The van der Waals surface area contributed by atoms with Crippen LogP contribution in [0.2, 0.25) is 15.1 Å². The molecule has 0 saturated heterocycles. The maximum atomic E-state index is 12.1. The van der Waals surface area contributed by atoms with Crippen molar-refractivity contribution in [3.8, 4) is 17.1 Å². The quantitative estimate of drug-likeness (QED) is 0.473. The van der Waals surface area contributed by atoms with Gasteiger partial charge in [0, 0.05) is 27.4 Å². The third-order valence-corrected chi connectivity index (χ3v) is 4.32. The Balaban J connectivity index is 1.68. The van der Waals surface area contributed by atoms with Gasteiger partial charge >= 0.3 is 0 Å². The topological polar surface area (TPSA) is 51.5 Å². The highest BCUT2D eigenvalue weighted by molar-refractivity contribution is 6.35. The number of furan rings is 1. The first-order chi connectivity index (χ1) is 12.9. The maximum Gasteiger partial charge on any atom is 0.248 e. The van der Waals surface area contributed by atoms with Crippen LogP contribution in [0.4, 0.5) is 5.69 Å². The largest absolute Gasteiger partial charge is 0.495 e. The molecular formula is C20H14Cl3NO3. The van der Waals surface area contributed by atoms with Crippen LogP contribution >= 0.6 is 34.8 Å². The number of carbonyl (C=O) groups excluding carboxylic acids is 1. The molecule has 4 nitrogen and oxygen atoms in total. The highest BCUT2D eigenvalue weighted by Crippen LogP contribution is 2.29. The molecule has 2 aromatic carbocycles. The molecule has 3 rings (SSSR count). The number of amides is 1. The SMILES string of the molecule is COc1ccc(NC(=O)C=Cc2ccc(-c3cc(Cl)cc(Cl)c3)o2)cc1Cl. The van der Waals surface area contributed by atoms with E-state index in [1.54, 1.807) is 54.6 Å². The summed E-state index contributed by atoms with van der Waals surface area (Å²) >= 11 is 18.1. The summed E-state index contributed by atoms with van der Waals surface area (Å²) in [5.41, 5.74) is 1.31. The van der Waals surface area contributed by atoms with E-state index in [1.165, 1.54) is 13.2 Å². The van der Waals surface area contributed by atoms with Crippen molar-refractivity contribution in [2.45, 2.75) is 0 Å². The molecule has 1 N–H and O–H groups in total. The van der Waals surface area contributed by atoms with Gasteiger partial charge in [0.1, 0.15) is 17.3 Å². The standard InChI is InChI=1S/C20H14Cl3NO3/c1-26-19-5-2-15(11-17(19)23)24-20(25)7-4-16-3-6-18(27-16)12-8-13(21)10-14(22)9-12/h2-11H,1H3,(H,24,25). The van der Waals surface area contributed by atoms with Crippen molar-refractivity contribution in [2.24, 2.45) is 0 Å². The van der Waals surface area contributed by atoms with Gasteiger partial charge in [-0.15, -0.1) is 0 Å². The normalized spacial score (nSPS) is 11.0. The van der Waals surface area contributed by atoms with Gasteiger partial charge in [0.2, 0.25) is 5.91 Å². The van der Waals surface area contributed by atoms with E-state index in [0.29, 0.717) is 38.0 Å². The molecule has 27 heavy (non-hydrogen) atoms. The molecule has 3 aromatic rings. The van der Waals surface area contributed by atoms with Gasteiger partial charge in [0.15, 0.2) is 0 Å². The van der Waals surface area contributed by atoms with Crippen molar-refractivity contribution < 1.29 is 13.9 Å². The summed E-state index contributed by atoms with van der Waals surface area (Å²) in [5.74, 6) is 1.33. The maximum absolute atomic E-state index is 12.1. The van der Waals surface area contributed by atoms with E-state index in [-0.39, 0.29) is 5.91 Å². The molecule has 0 aliphatic carbocycles. The van der Waals surface area contributed by atoms with E-state index in [1.807, 2.05) is 0 Å². The Labute approximate surface area is 171 Å². The summed E-state index contributed by atoms with van der Waals surface area (Å²) in [6.07, 6.45) is 2.93. The van der Waals surface area contributed by atoms with Gasteiger partial charge in [-0.05, 0) is 54.6 Å². The molecule has 0 fully saturated rings. The van der Waals surface area contributed by atoms with E-state index < -0.39 is 0 Å². The van der Waals surface area contributed by atoms with Crippen molar-refractivity contribution >= 4 is 52.5 Å². The van der Waals surface area contributed by atoms with Gasteiger partial charge in [0.05, 0.1) is 12.1 Å². The van der Waals surface area contributed by atoms with Gasteiger partial charge in [-0.3, -0.25) is 4.79 Å². The number of anilines is 1. The molecule has 7 heteroatoms. The van der Waals surface area contributed by atoms with Crippen LogP contribution in [0.25, 0.3) is 17.4 Å². The number of benzene rings is 2. The molecule has 0 aliphatic heterocycles. The van der Waals surface area contributed by atoms with E-state index in [2.05, 4.69) is 5.32 Å². The van der Waals surface area contributed by atoms with Crippen molar-refractivity contribution in [3.05, 3.63) is 75.4 Å². The second kappa shape index (κ2) is 8.53. The van der Waals surface area contributed by atoms with Crippen LogP contribution in [0.3, 0.4) is 0 Å².